The van der Waals surface area contributed by atoms with Crippen molar-refractivity contribution in [1.29, 1.82) is 0 Å². The van der Waals surface area contributed by atoms with Crippen LogP contribution in [-0.2, 0) is 0 Å². The van der Waals surface area contributed by atoms with Crippen molar-refractivity contribution in [1.82, 2.24) is 20.2 Å². The molecule has 2 amide bonds. The van der Waals surface area contributed by atoms with Crippen molar-refractivity contribution in [2.24, 2.45) is 0 Å². The monoisotopic (exact) mass is 308 g/mol. The van der Waals surface area contributed by atoms with Gasteiger partial charge in [-0.05, 0) is 25.7 Å². The summed E-state index contributed by atoms with van der Waals surface area (Å²) in [6.45, 7) is 1.25. The van der Waals surface area contributed by atoms with Crippen molar-refractivity contribution >= 4 is 6.03 Å². The second-order valence-corrected chi connectivity index (χ2v) is 5.94. The number of amides is 2. The Morgan fingerprint density at radius 3 is 2.68 bits per heavy atom. The molecule has 0 bridgehead atoms. The van der Waals surface area contributed by atoms with Gasteiger partial charge in [0.15, 0.2) is 5.82 Å². The average molecular weight is 308 g/mol. The zero-order chi connectivity index (χ0) is 15.4. The Morgan fingerprint density at radius 1 is 1.23 bits per heavy atom. The Kier molecular flexibility index (Phi) is 4.70. The van der Waals surface area contributed by atoms with Crippen molar-refractivity contribution in [3.8, 4) is 6.01 Å². The Bertz CT molecular complexity index is 505. The lowest BCUT2D eigenvalue weighted by Crippen LogP contribution is -2.50. The summed E-state index contributed by atoms with van der Waals surface area (Å²) in [5, 5.41) is 3.09. The number of aromatic nitrogens is 2. The number of carbonyl (C=O) groups excluding carboxylic acids is 1. The first kappa shape index (κ1) is 15.0. The molecule has 1 aromatic heterocycles. The van der Waals surface area contributed by atoms with Crippen LogP contribution in [-0.4, -0.2) is 46.1 Å². The van der Waals surface area contributed by atoms with Gasteiger partial charge in [-0.2, -0.15) is 0 Å². The minimum absolute atomic E-state index is 0.0137. The molecule has 1 aliphatic heterocycles. The summed E-state index contributed by atoms with van der Waals surface area (Å²) >= 11 is 0. The lowest BCUT2D eigenvalue weighted by molar-refractivity contribution is 0.0927. The molecule has 1 aromatic rings. The van der Waals surface area contributed by atoms with E-state index in [1.54, 1.807) is 4.90 Å². The normalized spacial score (nSPS) is 22.6. The summed E-state index contributed by atoms with van der Waals surface area (Å²) in [6.07, 6.45) is 8.26. The summed E-state index contributed by atoms with van der Waals surface area (Å²) in [7, 11) is 0. The van der Waals surface area contributed by atoms with Gasteiger partial charge in [-0.1, -0.05) is 12.8 Å². The molecule has 1 N–H and O–H groups in total. The van der Waals surface area contributed by atoms with Crippen LogP contribution >= 0.6 is 0 Å². The van der Waals surface area contributed by atoms with Gasteiger partial charge >= 0.3 is 12.0 Å². The third kappa shape index (κ3) is 3.84. The Morgan fingerprint density at radius 2 is 1.95 bits per heavy atom. The van der Waals surface area contributed by atoms with Gasteiger partial charge in [-0.25, -0.2) is 19.2 Å². The SMILES string of the molecule is O=C(NC1CCCC1)N1CCCC(Oc2ncc(F)cn2)C1. The van der Waals surface area contributed by atoms with Crippen LogP contribution in [0.15, 0.2) is 12.4 Å². The largest absolute Gasteiger partial charge is 0.458 e. The highest BCUT2D eigenvalue weighted by Crippen LogP contribution is 2.19. The van der Waals surface area contributed by atoms with Crippen LogP contribution in [0.5, 0.6) is 6.01 Å². The molecule has 0 aromatic carbocycles. The Labute approximate surface area is 129 Å². The van der Waals surface area contributed by atoms with E-state index in [9.17, 15) is 9.18 Å². The Hall–Kier alpha value is -1.92. The average Bonchev–Trinajstić information content (AvgIpc) is 3.03. The molecule has 2 fully saturated rings. The van der Waals surface area contributed by atoms with Gasteiger partial charge in [0.05, 0.1) is 18.9 Å². The Balaban J connectivity index is 1.52. The first-order chi connectivity index (χ1) is 10.7. The molecule has 2 aliphatic rings. The number of likely N-dealkylation sites (tertiary alicyclic amines) is 1. The van der Waals surface area contributed by atoms with Crippen LogP contribution in [0.4, 0.5) is 9.18 Å². The summed E-state index contributed by atoms with van der Waals surface area (Å²) in [6, 6.07) is 0.457. The number of hydrogen-bond acceptors (Lipinski definition) is 4. The zero-order valence-electron chi connectivity index (χ0n) is 12.5. The van der Waals surface area contributed by atoms with E-state index in [4.69, 9.17) is 4.74 Å². The van der Waals surface area contributed by atoms with Crippen molar-refractivity contribution < 1.29 is 13.9 Å². The smallest absolute Gasteiger partial charge is 0.317 e. The van der Waals surface area contributed by atoms with Crippen molar-refractivity contribution in [2.45, 2.75) is 50.7 Å². The summed E-state index contributed by atoms with van der Waals surface area (Å²) in [5.41, 5.74) is 0. The quantitative estimate of drug-likeness (QED) is 0.928. The highest BCUT2D eigenvalue weighted by Gasteiger charge is 2.27. The minimum atomic E-state index is -0.492. The molecule has 1 saturated heterocycles. The number of nitrogens with one attached hydrogen (secondary N) is 1. The third-order valence-corrected chi connectivity index (χ3v) is 4.22. The lowest BCUT2D eigenvalue weighted by Gasteiger charge is -2.33. The first-order valence-electron chi connectivity index (χ1n) is 7.90. The molecule has 1 unspecified atom stereocenters. The topological polar surface area (TPSA) is 67.4 Å². The number of urea groups is 1. The van der Waals surface area contributed by atoms with Gasteiger partial charge in [0, 0.05) is 12.6 Å². The van der Waals surface area contributed by atoms with Crippen LogP contribution in [0.2, 0.25) is 0 Å². The molecule has 2 heterocycles. The van der Waals surface area contributed by atoms with E-state index in [1.807, 2.05) is 0 Å². The predicted octanol–water partition coefficient (Wildman–Crippen LogP) is 2.11. The predicted molar refractivity (Wildman–Crippen MR) is 78.0 cm³/mol. The summed E-state index contributed by atoms with van der Waals surface area (Å²) < 4.78 is 18.4. The highest BCUT2D eigenvalue weighted by molar-refractivity contribution is 5.74. The first-order valence-corrected chi connectivity index (χ1v) is 7.90. The van der Waals surface area contributed by atoms with Crippen LogP contribution in [0.1, 0.15) is 38.5 Å². The molecule has 3 rings (SSSR count). The van der Waals surface area contributed by atoms with E-state index in [2.05, 4.69) is 15.3 Å². The van der Waals surface area contributed by atoms with Gasteiger partial charge in [-0.3, -0.25) is 0 Å². The number of piperidine rings is 1. The molecule has 0 radical (unpaired) electrons. The minimum Gasteiger partial charge on any atom is -0.458 e. The molecule has 0 spiro atoms. The molecule has 7 heteroatoms. The second kappa shape index (κ2) is 6.89. The zero-order valence-corrected chi connectivity index (χ0v) is 12.5. The van der Waals surface area contributed by atoms with Gasteiger partial charge in [-0.15, -0.1) is 0 Å². The number of rotatable bonds is 3. The molecule has 6 nitrogen and oxygen atoms in total. The molecule has 1 aliphatic carbocycles. The van der Waals surface area contributed by atoms with Crippen LogP contribution in [0.3, 0.4) is 0 Å². The summed E-state index contributed by atoms with van der Waals surface area (Å²) in [4.78, 5) is 21.7. The van der Waals surface area contributed by atoms with Gasteiger partial charge in [0.2, 0.25) is 0 Å². The number of nitrogens with zero attached hydrogens (tertiary/aromatic N) is 3. The number of ether oxygens (including phenoxy) is 1. The maximum absolute atomic E-state index is 12.8. The van der Waals surface area contributed by atoms with E-state index < -0.39 is 5.82 Å². The van der Waals surface area contributed by atoms with Gasteiger partial charge < -0.3 is 15.0 Å². The lowest BCUT2D eigenvalue weighted by atomic mass is 10.1. The number of halogens is 1. The maximum Gasteiger partial charge on any atom is 0.317 e. The number of carbonyl (C=O) groups is 1. The molecular formula is C15H21FN4O2. The standard InChI is InChI=1S/C15H21FN4O2/c16-11-8-17-14(18-9-11)22-13-6-3-7-20(10-13)15(21)19-12-4-1-2-5-12/h8-9,12-13H,1-7,10H2,(H,19,21). The molecule has 22 heavy (non-hydrogen) atoms. The molecule has 1 saturated carbocycles. The van der Waals surface area contributed by atoms with E-state index in [0.29, 0.717) is 12.6 Å². The molecule has 1 atom stereocenters. The van der Waals surface area contributed by atoms with E-state index >= 15 is 0 Å². The fraction of sp³-hybridized carbons (Fsp3) is 0.667. The summed E-state index contributed by atoms with van der Waals surface area (Å²) in [5.74, 6) is -0.492. The van der Waals surface area contributed by atoms with E-state index in [-0.39, 0.29) is 18.1 Å². The number of hydrogen-bond donors (Lipinski definition) is 1. The van der Waals surface area contributed by atoms with Gasteiger partial charge in [0.1, 0.15) is 6.10 Å². The highest BCUT2D eigenvalue weighted by atomic mass is 19.1. The third-order valence-electron chi connectivity index (χ3n) is 4.22. The molecule has 120 valence electrons. The van der Waals surface area contributed by atoms with Crippen LogP contribution < -0.4 is 10.1 Å². The molecular weight excluding hydrogens is 287 g/mol. The fourth-order valence-electron chi connectivity index (χ4n) is 3.07. The van der Waals surface area contributed by atoms with Crippen LogP contribution in [0.25, 0.3) is 0 Å². The van der Waals surface area contributed by atoms with Crippen molar-refractivity contribution in [3.63, 3.8) is 0 Å². The van der Waals surface area contributed by atoms with Gasteiger partial charge in [0.25, 0.3) is 0 Å². The van der Waals surface area contributed by atoms with E-state index in [0.717, 1.165) is 44.6 Å². The fourth-order valence-corrected chi connectivity index (χ4v) is 3.07. The van der Waals surface area contributed by atoms with E-state index in [1.165, 1.54) is 12.8 Å². The van der Waals surface area contributed by atoms with Crippen molar-refractivity contribution in [3.05, 3.63) is 18.2 Å². The van der Waals surface area contributed by atoms with Crippen molar-refractivity contribution in [2.75, 3.05) is 13.1 Å². The second-order valence-electron chi connectivity index (χ2n) is 5.94. The maximum atomic E-state index is 12.8. The van der Waals surface area contributed by atoms with Crippen LogP contribution in [0, 0.1) is 5.82 Å².